The Morgan fingerprint density at radius 1 is 1.03 bits per heavy atom. The van der Waals surface area contributed by atoms with Gasteiger partial charge in [0.25, 0.3) is 11.8 Å². The monoisotopic (exact) mass is 475 g/mol. The van der Waals surface area contributed by atoms with Crippen LogP contribution in [0.25, 0.3) is 10.2 Å². The summed E-state index contributed by atoms with van der Waals surface area (Å²) in [5.74, 6) is 0.124. The Balaban J connectivity index is 1.28. The molecule has 0 radical (unpaired) electrons. The van der Waals surface area contributed by atoms with Crippen molar-refractivity contribution in [2.24, 2.45) is 0 Å². The molecule has 2 heterocycles. The van der Waals surface area contributed by atoms with Crippen molar-refractivity contribution in [3.05, 3.63) is 77.9 Å². The van der Waals surface area contributed by atoms with Gasteiger partial charge in [-0.25, -0.2) is 9.88 Å². The van der Waals surface area contributed by atoms with Crippen LogP contribution in [0, 0.1) is 0 Å². The van der Waals surface area contributed by atoms with E-state index in [9.17, 15) is 14.4 Å². The molecular formula is C24H17N3O4S2. The summed E-state index contributed by atoms with van der Waals surface area (Å²) >= 11 is 2.75. The zero-order valence-electron chi connectivity index (χ0n) is 17.4. The Labute approximate surface area is 197 Å². The van der Waals surface area contributed by atoms with Gasteiger partial charge in [-0.15, -0.1) is 11.3 Å². The minimum atomic E-state index is -0.329. The van der Waals surface area contributed by atoms with Crippen molar-refractivity contribution in [3.8, 4) is 5.75 Å². The van der Waals surface area contributed by atoms with Crippen molar-refractivity contribution in [2.75, 3.05) is 23.1 Å². The molecule has 9 heteroatoms. The van der Waals surface area contributed by atoms with Crippen LogP contribution in [0.15, 0.2) is 71.1 Å². The highest BCUT2D eigenvalue weighted by Crippen LogP contribution is 2.35. The first kappa shape index (κ1) is 21.2. The Hall–Kier alpha value is -3.69. The van der Waals surface area contributed by atoms with Gasteiger partial charge in [-0.3, -0.25) is 14.4 Å². The summed E-state index contributed by atoms with van der Waals surface area (Å²) in [6, 6.07) is 19.2. The SMILES string of the molecule is COc1ccc(NC(=O)CSc2nc3ccc(N4C(=O)c5ccccc5C4=O)cc3s2)cc1. The maximum Gasteiger partial charge on any atom is 0.266 e. The van der Waals surface area contributed by atoms with Crippen molar-refractivity contribution >= 4 is 62.4 Å². The number of aromatic nitrogens is 1. The molecule has 164 valence electrons. The van der Waals surface area contributed by atoms with Crippen LogP contribution in [0.3, 0.4) is 0 Å². The number of imide groups is 1. The van der Waals surface area contributed by atoms with Crippen LogP contribution in [0.5, 0.6) is 5.75 Å². The lowest BCUT2D eigenvalue weighted by molar-refractivity contribution is -0.113. The molecule has 1 aliphatic rings. The number of carbonyl (C=O) groups excluding carboxylic acids is 3. The number of thioether (sulfide) groups is 1. The van der Waals surface area contributed by atoms with E-state index in [0.717, 1.165) is 20.3 Å². The number of hydrogen-bond acceptors (Lipinski definition) is 7. The van der Waals surface area contributed by atoms with Gasteiger partial charge in [0.1, 0.15) is 5.75 Å². The van der Waals surface area contributed by atoms with Gasteiger partial charge >= 0.3 is 0 Å². The van der Waals surface area contributed by atoms with Crippen molar-refractivity contribution in [1.29, 1.82) is 0 Å². The summed E-state index contributed by atoms with van der Waals surface area (Å²) in [4.78, 5) is 43.5. The van der Waals surface area contributed by atoms with E-state index in [4.69, 9.17) is 4.74 Å². The highest BCUT2D eigenvalue weighted by Gasteiger charge is 2.36. The average molecular weight is 476 g/mol. The molecule has 0 bridgehead atoms. The smallest absolute Gasteiger partial charge is 0.266 e. The van der Waals surface area contributed by atoms with Crippen molar-refractivity contribution in [1.82, 2.24) is 4.98 Å². The summed E-state index contributed by atoms with van der Waals surface area (Å²) in [5, 5.41) is 2.84. The van der Waals surface area contributed by atoms with Gasteiger partial charge in [-0.1, -0.05) is 23.9 Å². The number of methoxy groups -OCH3 is 1. The summed E-state index contributed by atoms with van der Waals surface area (Å²) in [7, 11) is 1.59. The summed E-state index contributed by atoms with van der Waals surface area (Å²) in [6.45, 7) is 0. The highest BCUT2D eigenvalue weighted by atomic mass is 32.2. The number of nitrogens with zero attached hydrogens (tertiary/aromatic N) is 2. The van der Waals surface area contributed by atoms with Crippen LogP contribution in [-0.2, 0) is 4.79 Å². The number of anilines is 2. The van der Waals surface area contributed by atoms with Gasteiger partial charge in [0.15, 0.2) is 4.34 Å². The van der Waals surface area contributed by atoms with E-state index in [1.165, 1.54) is 28.0 Å². The topological polar surface area (TPSA) is 88.6 Å². The first-order valence-electron chi connectivity index (χ1n) is 9.98. The van der Waals surface area contributed by atoms with Crippen LogP contribution in [-0.4, -0.2) is 35.6 Å². The second-order valence-electron chi connectivity index (χ2n) is 7.19. The number of ether oxygens (including phenoxy) is 1. The lowest BCUT2D eigenvalue weighted by atomic mass is 10.1. The van der Waals surface area contributed by atoms with Gasteiger partial charge in [0.05, 0.1) is 39.9 Å². The molecule has 3 aromatic carbocycles. The first-order valence-corrected chi connectivity index (χ1v) is 11.8. The minimum absolute atomic E-state index is 0.142. The third-order valence-corrected chi connectivity index (χ3v) is 7.27. The molecule has 1 aromatic heterocycles. The van der Waals surface area contributed by atoms with E-state index in [0.29, 0.717) is 22.5 Å². The molecule has 7 nitrogen and oxygen atoms in total. The van der Waals surface area contributed by atoms with Crippen LogP contribution >= 0.6 is 23.1 Å². The molecule has 33 heavy (non-hydrogen) atoms. The van der Waals surface area contributed by atoms with Gasteiger partial charge in [-0.05, 0) is 54.6 Å². The Morgan fingerprint density at radius 3 is 2.39 bits per heavy atom. The number of rotatable bonds is 6. The predicted molar refractivity (Wildman–Crippen MR) is 130 cm³/mol. The fourth-order valence-electron chi connectivity index (χ4n) is 3.52. The molecule has 0 atom stereocenters. The largest absolute Gasteiger partial charge is 0.497 e. The Kier molecular flexibility index (Phi) is 5.57. The fourth-order valence-corrected chi connectivity index (χ4v) is 5.42. The molecular weight excluding hydrogens is 458 g/mol. The Morgan fingerprint density at radius 2 is 1.73 bits per heavy atom. The molecule has 1 aliphatic heterocycles. The van der Waals surface area contributed by atoms with E-state index >= 15 is 0 Å². The summed E-state index contributed by atoms with van der Waals surface area (Å²) in [5.41, 5.74) is 2.76. The number of thiazole rings is 1. The van der Waals surface area contributed by atoms with E-state index in [2.05, 4.69) is 10.3 Å². The maximum absolute atomic E-state index is 12.7. The van der Waals surface area contributed by atoms with Gasteiger partial charge in [0, 0.05) is 5.69 Å². The summed E-state index contributed by atoms with van der Waals surface area (Å²) < 4.78 is 6.68. The summed E-state index contributed by atoms with van der Waals surface area (Å²) in [6.07, 6.45) is 0. The van der Waals surface area contributed by atoms with Crippen LogP contribution < -0.4 is 15.0 Å². The lowest BCUT2D eigenvalue weighted by Crippen LogP contribution is -2.29. The maximum atomic E-state index is 12.7. The predicted octanol–water partition coefficient (Wildman–Crippen LogP) is 4.84. The van der Waals surface area contributed by atoms with E-state index in [1.807, 2.05) is 0 Å². The van der Waals surface area contributed by atoms with Crippen LogP contribution in [0.4, 0.5) is 11.4 Å². The van der Waals surface area contributed by atoms with Crippen molar-refractivity contribution in [3.63, 3.8) is 0 Å². The van der Waals surface area contributed by atoms with Gasteiger partial charge in [0.2, 0.25) is 5.91 Å². The van der Waals surface area contributed by atoms with Crippen molar-refractivity contribution in [2.45, 2.75) is 4.34 Å². The Bertz CT molecular complexity index is 1360. The number of benzene rings is 3. The second-order valence-corrected chi connectivity index (χ2v) is 9.44. The third kappa shape index (κ3) is 4.08. The molecule has 1 N–H and O–H groups in total. The number of carbonyl (C=O) groups is 3. The third-order valence-electron chi connectivity index (χ3n) is 5.11. The van der Waals surface area contributed by atoms with Gasteiger partial charge in [-0.2, -0.15) is 0 Å². The first-order chi connectivity index (χ1) is 16.0. The standard InChI is InChI=1S/C24H17N3O4S2/c1-31-16-9-6-14(7-10-16)25-21(28)13-32-24-26-19-11-8-15(12-20(19)33-24)27-22(29)17-4-2-3-5-18(17)23(27)30/h2-12H,13H2,1H3,(H,25,28). The lowest BCUT2D eigenvalue weighted by Gasteiger charge is -2.13. The average Bonchev–Trinajstić information content (AvgIpc) is 3.36. The highest BCUT2D eigenvalue weighted by molar-refractivity contribution is 8.01. The minimum Gasteiger partial charge on any atom is -0.497 e. The van der Waals surface area contributed by atoms with Crippen LogP contribution in [0.2, 0.25) is 0 Å². The molecule has 0 spiro atoms. The van der Waals surface area contributed by atoms with E-state index in [1.54, 1.807) is 73.8 Å². The zero-order chi connectivity index (χ0) is 22.9. The molecule has 0 saturated carbocycles. The molecule has 0 saturated heterocycles. The van der Waals surface area contributed by atoms with E-state index < -0.39 is 0 Å². The molecule has 3 amide bonds. The quantitative estimate of drug-likeness (QED) is 0.317. The number of hydrogen-bond donors (Lipinski definition) is 1. The number of amides is 3. The molecule has 4 aromatic rings. The fraction of sp³-hybridized carbons (Fsp3) is 0.0833. The number of fused-ring (bicyclic) bond motifs is 2. The van der Waals surface area contributed by atoms with Crippen LogP contribution in [0.1, 0.15) is 20.7 Å². The van der Waals surface area contributed by atoms with Gasteiger partial charge < -0.3 is 10.1 Å². The number of nitrogens with one attached hydrogen (secondary N) is 1. The molecule has 0 aliphatic carbocycles. The molecule has 5 rings (SSSR count). The normalized spacial score (nSPS) is 12.8. The molecule has 0 fully saturated rings. The van der Waals surface area contributed by atoms with Crippen molar-refractivity contribution < 1.29 is 19.1 Å². The second kappa shape index (κ2) is 8.68. The molecule has 0 unspecified atom stereocenters. The zero-order valence-corrected chi connectivity index (χ0v) is 19.0. The van der Waals surface area contributed by atoms with E-state index in [-0.39, 0.29) is 23.5 Å².